The maximum absolute atomic E-state index is 4.98. The molecule has 0 spiro atoms. The summed E-state index contributed by atoms with van der Waals surface area (Å²) in [4.78, 5) is 7.27. The van der Waals surface area contributed by atoms with Gasteiger partial charge in [0.15, 0.2) is 0 Å². The van der Waals surface area contributed by atoms with Crippen molar-refractivity contribution in [1.82, 2.24) is 4.98 Å². The Bertz CT molecular complexity index is 251. The summed E-state index contributed by atoms with van der Waals surface area (Å²) in [5, 5.41) is 0. The molecule has 0 unspecified atom stereocenters. The first-order valence-electron chi connectivity index (χ1n) is 2.36. The molecule has 2 nitrogen and oxygen atoms in total. The minimum absolute atomic E-state index is 0.525. The van der Waals surface area contributed by atoms with Gasteiger partial charge in [-0.25, -0.2) is 0 Å². The molecule has 44 valence electrons. The van der Waals surface area contributed by atoms with Gasteiger partial charge in [0, 0.05) is 0 Å². The molecular weight excluding hydrogens is 180 g/mol. The van der Waals surface area contributed by atoms with Crippen LogP contribution in [-0.4, -0.2) is 4.98 Å². The van der Waals surface area contributed by atoms with Crippen molar-refractivity contribution in [3.63, 3.8) is 0 Å². The van der Waals surface area contributed by atoms with E-state index in [0.717, 1.165) is 4.47 Å². The van der Waals surface area contributed by atoms with Crippen molar-refractivity contribution in [1.29, 1.82) is 0 Å². The molecule has 0 bridgehead atoms. The molecule has 0 aliphatic heterocycles. The maximum Gasteiger partial charge on any atom is 0.439 e. The zero-order valence-electron chi connectivity index (χ0n) is 4.58. The molecule has 0 amide bonds. The molecule has 1 aromatic rings. The lowest BCUT2D eigenvalue weighted by molar-refractivity contribution is 1.34. The van der Waals surface area contributed by atoms with Gasteiger partial charge in [-0.15, -0.1) is 0 Å². The fourth-order valence-corrected chi connectivity index (χ4v) is 0.830. The summed E-state index contributed by atoms with van der Waals surface area (Å²) >= 11 is 3.22. The smallest absolute Gasteiger partial charge is 0.156 e. The number of aromatic nitrogens is 1. The molecule has 0 saturated heterocycles. The molecule has 0 aliphatic carbocycles. The van der Waals surface area contributed by atoms with Crippen molar-refractivity contribution in [2.75, 3.05) is 0 Å². The van der Waals surface area contributed by atoms with E-state index < -0.39 is 0 Å². The molecule has 0 saturated carbocycles. The van der Waals surface area contributed by atoms with Gasteiger partial charge >= 0.3 is 5.82 Å². The van der Waals surface area contributed by atoms with E-state index in [2.05, 4.69) is 25.8 Å². The van der Waals surface area contributed by atoms with Crippen molar-refractivity contribution in [3.8, 4) is 6.57 Å². The second-order valence-electron chi connectivity index (χ2n) is 1.44. The van der Waals surface area contributed by atoms with Crippen LogP contribution in [0.1, 0.15) is 0 Å². The molecule has 3 heteroatoms. The summed E-state index contributed by atoms with van der Waals surface area (Å²) in [7, 11) is 0. The van der Waals surface area contributed by atoms with Gasteiger partial charge in [0.25, 0.3) is 0 Å². The fraction of sp³-hybridized carbons (Fsp3) is 0. The third-order valence-corrected chi connectivity index (χ3v) is 1.48. The monoisotopic (exact) mass is 183 g/mol. The highest BCUT2D eigenvalue weighted by Crippen LogP contribution is 2.20. The maximum atomic E-state index is 4.98. The van der Waals surface area contributed by atoms with E-state index in [9.17, 15) is 0 Å². The lowest BCUT2D eigenvalue weighted by Gasteiger charge is -1.78. The zero-order valence-corrected chi connectivity index (χ0v) is 6.17. The highest BCUT2D eigenvalue weighted by molar-refractivity contribution is 9.10. The molecule has 1 aromatic heterocycles. The van der Waals surface area contributed by atoms with Gasteiger partial charge in [0.05, 0.1) is 0 Å². The zero-order chi connectivity index (χ0) is 6.69. The summed E-state index contributed by atoms with van der Waals surface area (Å²) < 4.78 is 0.813. The topological polar surface area (TPSA) is 17.2 Å². The van der Waals surface area contributed by atoms with Crippen LogP contribution in [0.2, 0.25) is 0 Å². The second-order valence-corrected chi connectivity index (χ2v) is 2.29. The van der Waals surface area contributed by atoms with Gasteiger partial charge < -0.3 is 0 Å². The summed E-state index contributed by atoms with van der Waals surface area (Å²) in [5.41, 5.74) is 0. The number of halogens is 1. The SMILES string of the molecule is C#[N+]c1ncccc1Br. The number of hydrogen-bond acceptors (Lipinski definition) is 1. The van der Waals surface area contributed by atoms with Crippen molar-refractivity contribution in [3.05, 3.63) is 27.6 Å². The van der Waals surface area contributed by atoms with Crippen LogP contribution in [0.15, 0.2) is 22.8 Å². The summed E-state index contributed by atoms with van der Waals surface area (Å²) in [5.74, 6) is 0.525. The minimum atomic E-state index is 0.525. The molecule has 0 fully saturated rings. The van der Waals surface area contributed by atoms with Gasteiger partial charge in [-0.3, -0.25) is 0 Å². The Morgan fingerprint density at radius 1 is 1.67 bits per heavy atom. The van der Waals surface area contributed by atoms with E-state index in [4.69, 9.17) is 6.57 Å². The van der Waals surface area contributed by atoms with Gasteiger partial charge in [-0.2, -0.15) is 4.85 Å². The van der Waals surface area contributed by atoms with Crippen LogP contribution < -0.4 is 0 Å². The summed E-state index contributed by atoms with van der Waals surface area (Å²) in [6.07, 6.45) is 1.64. The van der Waals surface area contributed by atoms with Crippen LogP contribution in [0.5, 0.6) is 0 Å². The van der Waals surface area contributed by atoms with Crippen molar-refractivity contribution in [2.45, 2.75) is 0 Å². The lowest BCUT2D eigenvalue weighted by atomic mass is 10.5. The predicted molar refractivity (Wildman–Crippen MR) is 39.9 cm³/mol. The lowest BCUT2D eigenvalue weighted by Crippen LogP contribution is -1.69. The van der Waals surface area contributed by atoms with Crippen molar-refractivity contribution >= 4 is 21.7 Å². The first kappa shape index (κ1) is 6.24. The van der Waals surface area contributed by atoms with Crippen LogP contribution in [0.25, 0.3) is 4.85 Å². The van der Waals surface area contributed by atoms with E-state index in [0.29, 0.717) is 5.82 Å². The van der Waals surface area contributed by atoms with Crippen LogP contribution in [0, 0.1) is 6.57 Å². The second kappa shape index (κ2) is 2.60. The molecule has 0 N–H and O–H groups in total. The first-order valence-corrected chi connectivity index (χ1v) is 3.15. The largest absolute Gasteiger partial charge is 0.439 e. The first-order chi connectivity index (χ1) is 4.34. The summed E-state index contributed by atoms with van der Waals surface area (Å²) in [6, 6.07) is 3.64. The van der Waals surface area contributed by atoms with E-state index in [-0.39, 0.29) is 0 Å². The summed E-state index contributed by atoms with van der Waals surface area (Å²) in [6.45, 7) is 4.98. The standard InChI is InChI=1S/C6H4BrN2/c1-8-6-5(7)3-2-4-9-6/h1-4H/q+1. The molecule has 0 aliphatic rings. The van der Waals surface area contributed by atoms with Crippen LogP contribution in [0.3, 0.4) is 0 Å². The van der Waals surface area contributed by atoms with Crippen LogP contribution in [0.4, 0.5) is 5.82 Å². The molecule has 1 rings (SSSR count). The van der Waals surface area contributed by atoms with Gasteiger partial charge in [-0.05, 0) is 33.0 Å². The Morgan fingerprint density at radius 2 is 2.44 bits per heavy atom. The van der Waals surface area contributed by atoms with Crippen molar-refractivity contribution in [2.24, 2.45) is 0 Å². The van der Waals surface area contributed by atoms with Crippen molar-refractivity contribution < 1.29 is 0 Å². The van der Waals surface area contributed by atoms with Gasteiger partial charge in [0.1, 0.15) is 17.2 Å². The molecule has 0 aromatic carbocycles. The average molecular weight is 184 g/mol. The molecule has 0 atom stereocenters. The van der Waals surface area contributed by atoms with E-state index in [1.807, 2.05) is 6.07 Å². The number of pyridine rings is 1. The molecule has 0 radical (unpaired) electrons. The Balaban J connectivity index is 3.20. The van der Waals surface area contributed by atoms with Gasteiger partial charge in [0.2, 0.25) is 0 Å². The molecular formula is C6H4BrN2+. The Kier molecular flexibility index (Phi) is 1.81. The molecule has 1 heterocycles. The van der Waals surface area contributed by atoms with Crippen LogP contribution in [-0.2, 0) is 0 Å². The van der Waals surface area contributed by atoms with E-state index in [1.54, 1.807) is 12.3 Å². The quantitative estimate of drug-likeness (QED) is 0.605. The third-order valence-electron chi connectivity index (χ3n) is 0.861. The number of hydrogen-bond donors (Lipinski definition) is 0. The normalized spacial score (nSPS) is 8.44. The number of nitrogens with zero attached hydrogens (tertiary/aromatic N) is 2. The average Bonchev–Trinajstić information content (AvgIpc) is 1.89. The fourth-order valence-electron chi connectivity index (χ4n) is 0.472. The Morgan fingerprint density at radius 3 is 2.89 bits per heavy atom. The Hall–Kier alpha value is -0.880. The molecule has 9 heavy (non-hydrogen) atoms. The van der Waals surface area contributed by atoms with E-state index >= 15 is 0 Å². The minimum Gasteiger partial charge on any atom is -0.156 e. The Labute approximate surface area is 61.5 Å². The predicted octanol–water partition coefficient (Wildman–Crippen LogP) is 2.44. The highest BCUT2D eigenvalue weighted by atomic mass is 79.9. The third kappa shape index (κ3) is 1.27. The van der Waals surface area contributed by atoms with Crippen LogP contribution >= 0.6 is 15.9 Å². The number of rotatable bonds is 0. The van der Waals surface area contributed by atoms with Gasteiger partial charge in [-0.1, -0.05) is 0 Å². The van der Waals surface area contributed by atoms with E-state index in [1.165, 1.54) is 0 Å². The highest BCUT2D eigenvalue weighted by Gasteiger charge is 2.05.